The fourth-order valence-electron chi connectivity index (χ4n) is 3.82. The molecule has 0 atom stereocenters. The Morgan fingerprint density at radius 1 is 1.11 bits per heavy atom. The number of nitrogens with zero attached hydrogens (tertiary/aromatic N) is 3. The highest BCUT2D eigenvalue weighted by atomic mass is 32.2. The Morgan fingerprint density at radius 3 is 2.57 bits per heavy atom. The summed E-state index contributed by atoms with van der Waals surface area (Å²) in [6, 6.07) is 7.92. The highest BCUT2D eigenvalue weighted by molar-refractivity contribution is 8.18. The second-order valence-electron chi connectivity index (χ2n) is 7.28. The lowest BCUT2D eigenvalue weighted by atomic mass is 10.1. The molecule has 7 heteroatoms. The summed E-state index contributed by atoms with van der Waals surface area (Å²) < 4.78 is 1.99. The third-order valence-electron chi connectivity index (χ3n) is 5.34. The smallest absolute Gasteiger partial charge is 0.294 e. The van der Waals surface area contributed by atoms with Gasteiger partial charge in [-0.25, -0.2) is 0 Å². The molecule has 28 heavy (non-hydrogen) atoms. The van der Waals surface area contributed by atoms with E-state index < -0.39 is 0 Å². The van der Waals surface area contributed by atoms with Crippen molar-refractivity contribution in [2.45, 2.75) is 25.7 Å². The molecular formula is C21H23N3O3S. The van der Waals surface area contributed by atoms with Gasteiger partial charge in [0.05, 0.1) is 4.91 Å². The second kappa shape index (κ2) is 7.83. The lowest BCUT2D eigenvalue weighted by molar-refractivity contribution is -0.135. The molecule has 3 amide bonds. The van der Waals surface area contributed by atoms with E-state index in [0.717, 1.165) is 58.8 Å². The van der Waals surface area contributed by atoms with Crippen LogP contribution in [0.15, 0.2) is 35.4 Å². The van der Waals surface area contributed by atoms with Gasteiger partial charge >= 0.3 is 0 Å². The molecule has 0 spiro atoms. The van der Waals surface area contributed by atoms with E-state index in [0.29, 0.717) is 18.0 Å². The number of hydrogen-bond acceptors (Lipinski definition) is 4. The third-order valence-corrected chi connectivity index (χ3v) is 6.25. The van der Waals surface area contributed by atoms with Crippen molar-refractivity contribution in [3.05, 3.63) is 40.9 Å². The number of likely N-dealkylation sites (tertiary alicyclic amines) is 1. The minimum absolute atomic E-state index is 0.143. The molecule has 6 nitrogen and oxygen atoms in total. The zero-order valence-corrected chi connectivity index (χ0v) is 16.7. The summed E-state index contributed by atoms with van der Waals surface area (Å²) in [6.07, 6.45) is 7.91. The second-order valence-corrected chi connectivity index (χ2v) is 8.27. The summed E-state index contributed by atoms with van der Waals surface area (Å²) in [6.45, 7) is 1.25. The van der Waals surface area contributed by atoms with Crippen molar-refractivity contribution in [3.8, 4) is 0 Å². The number of hydrogen-bond donors (Lipinski definition) is 0. The largest absolute Gasteiger partial charge is 0.350 e. The van der Waals surface area contributed by atoms with Crippen molar-refractivity contribution in [3.63, 3.8) is 0 Å². The lowest BCUT2D eigenvalue weighted by Gasteiger charge is -2.22. The number of fused-ring (bicyclic) bond motifs is 1. The van der Waals surface area contributed by atoms with Gasteiger partial charge in [-0.05, 0) is 36.7 Å². The molecule has 2 aliphatic heterocycles. The SMILES string of the molecule is Cn1cc(/C=C2\SC(=O)N(CC(=O)N3CCCCCC3)C2=O)c2ccccc21. The highest BCUT2D eigenvalue weighted by Gasteiger charge is 2.37. The first kappa shape index (κ1) is 18.8. The Hall–Kier alpha value is -2.54. The first-order valence-electron chi connectivity index (χ1n) is 9.62. The van der Waals surface area contributed by atoms with Crippen molar-refractivity contribution in [1.29, 1.82) is 0 Å². The van der Waals surface area contributed by atoms with Gasteiger partial charge in [-0.15, -0.1) is 0 Å². The quantitative estimate of drug-likeness (QED) is 0.742. The van der Waals surface area contributed by atoms with Gasteiger partial charge in [-0.1, -0.05) is 31.0 Å². The summed E-state index contributed by atoms with van der Waals surface area (Å²) in [5.41, 5.74) is 1.95. The normalized spacial score (nSPS) is 19.7. The first-order valence-corrected chi connectivity index (χ1v) is 10.4. The Labute approximate surface area is 168 Å². The number of imide groups is 1. The van der Waals surface area contributed by atoms with Crippen molar-refractivity contribution in [1.82, 2.24) is 14.4 Å². The molecule has 0 bridgehead atoms. The van der Waals surface area contributed by atoms with E-state index in [-0.39, 0.29) is 23.6 Å². The first-order chi connectivity index (χ1) is 13.5. The van der Waals surface area contributed by atoms with E-state index in [2.05, 4.69) is 0 Å². The number of thioether (sulfide) groups is 1. The topological polar surface area (TPSA) is 62.6 Å². The monoisotopic (exact) mass is 397 g/mol. The van der Waals surface area contributed by atoms with Crippen LogP contribution in [0, 0.1) is 0 Å². The average Bonchev–Trinajstić information content (AvgIpc) is 3.00. The van der Waals surface area contributed by atoms with Gasteiger partial charge in [0, 0.05) is 42.8 Å². The Kier molecular flexibility index (Phi) is 5.26. The van der Waals surface area contributed by atoms with Gasteiger partial charge < -0.3 is 9.47 Å². The van der Waals surface area contributed by atoms with Gasteiger partial charge in [0.15, 0.2) is 0 Å². The molecular weight excluding hydrogens is 374 g/mol. The molecule has 0 radical (unpaired) electrons. The van der Waals surface area contributed by atoms with Gasteiger partial charge in [-0.2, -0.15) is 0 Å². The maximum atomic E-state index is 12.8. The van der Waals surface area contributed by atoms with Crippen LogP contribution in [0.1, 0.15) is 31.2 Å². The van der Waals surface area contributed by atoms with Gasteiger partial charge in [0.25, 0.3) is 11.1 Å². The van der Waals surface area contributed by atoms with Crippen LogP contribution in [0.5, 0.6) is 0 Å². The number of amides is 3. The van der Waals surface area contributed by atoms with E-state index >= 15 is 0 Å². The molecule has 2 saturated heterocycles. The molecule has 1 aromatic carbocycles. The van der Waals surface area contributed by atoms with E-state index in [9.17, 15) is 14.4 Å². The molecule has 2 aliphatic rings. The molecule has 1 aromatic heterocycles. The number of aryl methyl sites for hydroxylation is 1. The molecule has 4 rings (SSSR count). The van der Waals surface area contributed by atoms with Crippen molar-refractivity contribution < 1.29 is 14.4 Å². The van der Waals surface area contributed by atoms with Crippen LogP contribution in [0.2, 0.25) is 0 Å². The van der Waals surface area contributed by atoms with Crippen LogP contribution in [0.25, 0.3) is 17.0 Å². The van der Waals surface area contributed by atoms with Crippen molar-refractivity contribution in [2.24, 2.45) is 7.05 Å². The number of aromatic nitrogens is 1. The van der Waals surface area contributed by atoms with E-state index in [4.69, 9.17) is 0 Å². The average molecular weight is 398 g/mol. The molecule has 0 saturated carbocycles. The van der Waals surface area contributed by atoms with Gasteiger partial charge in [0.1, 0.15) is 6.54 Å². The molecule has 146 valence electrons. The molecule has 0 unspecified atom stereocenters. The number of carbonyl (C=O) groups is 3. The van der Waals surface area contributed by atoms with Crippen molar-refractivity contribution in [2.75, 3.05) is 19.6 Å². The van der Waals surface area contributed by atoms with Crippen LogP contribution in [0.3, 0.4) is 0 Å². The van der Waals surface area contributed by atoms with Crippen LogP contribution in [-0.2, 0) is 16.6 Å². The fraction of sp³-hybridized carbons (Fsp3) is 0.381. The van der Waals surface area contributed by atoms with Crippen LogP contribution in [0.4, 0.5) is 4.79 Å². The molecule has 0 N–H and O–H groups in total. The summed E-state index contributed by atoms with van der Waals surface area (Å²) in [5.74, 6) is -0.526. The standard InChI is InChI=1S/C21H23N3O3S/c1-22-13-15(16-8-4-5-9-17(16)22)12-18-20(26)24(21(27)28-18)14-19(25)23-10-6-2-3-7-11-23/h4-5,8-9,12-13H,2-3,6-7,10-11,14H2,1H3/b18-12-. The van der Waals surface area contributed by atoms with Crippen LogP contribution in [-0.4, -0.2) is 51.1 Å². The predicted octanol–water partition coefficient (Wildman–Crippen LogP) is 3.62. The number of benzene rings is 1. The lowest BCUT2D eigenvalue weighted by Crippen LogP contribution is -2.42. The summed E-state index contributed by atoms with van der Waals surface area (Å²) >= 11 is 0.906. The molecule has 2 aromatic rings. The van der Waals surface area contributed by atoms with Crippen molar-refractivity contribution >= 4 is 45.8 Å². The predicted molar refractivity (Wildman–Crippen MR) is 111 cm³/mol. The fourth-order valence-corrected chi connectivity index (χ4v) is 4.65. The van der Waals surface area contributed by atoms with E-state index in [1.807, 2.05) is 42.1 Å². The maximum Gasteiger partial charge on any atom is 0.294 e. The van der Waals surface area contributed by atoms with E-state index in [1.54, 1.807) is 11.0 Å². The number of rotatable bonds is 3. The maximum absolute atomic E-state index is 12.8. The molecule has 3 heterocycles. The molecule has 2 fully saturated rings. The Morgan fingerprint density at radius 2 is 1.82 bits per heavy atom. The van der Waals surface area contributed by atoms with Gasteiger partial charge in [0.2, 0.25) is 5.91 Å². The zero-order chi connectivity index (χ0) is 19.7. The Balaban J connectivity index is 1.53. The van der Waals surface area contributed by atoms with Crippen LogP contribution < -0.4 is 0 Å². The van der Waals surface area contributed by atoms with E-state index in [1.165, 1.54) is 0 Å². The minimum atomic E-state index is -0.383. The Bertz CT molecular complexity index is 970. The zero-order valence-electron chi connectivity index (χ0n) is 15.9. The summed E-state index contributed by atoms with van der Waals surface area (Å²) in [5, 5.41) is 0.650. The highest BCUT2D eigenvalue weighted by Crippen LogP contribution is 2.34. The van der Waals surface area contributed by atoms with Crippen LogP contribution >= 0.6 is 11.8 Å². The number of carbonyl (C=O) groups excluding carboxylic acids is 3. The molecule has 0 aliphatic carbocycles. The van der Waals surface area contributed by atoms with Gasteiger partial charge in [-0.3, -0.25) is 19.3 Å². The summed E-state index contributed by atoms with van der Waals surface area (Å²) in [4.78, 5) is 41.0. The third kappa shape index (κ3) is 3.58. The minimum Gasteiger partial charge on any atom is -0.350 e. The number of para-hydroxylation sites is 1. The summed E-state index contributed by atoms with van der Waals surface area (Å²) in [7, 11) is 1.95.